The molecule has 2 fully saturated rings. The highest BCUT2D eigenvalue weighted by molar-refractivity contribution is 5.91. The Morgan fingerprint density at radius 1 is 0.852 bits per heavy atom. The van der Waals surface area contributed by atoms with Crippen LogP contribution in [-0.4, -0.2) is 47.9 Å². The molecule has 1 N–H and O–H groups in total. The number of piperazine rings is 1. The average Bonchev–Trinajstić information content (AvgIpc) is 3.48. The molecule has 5 rings (SSSR count). The monoisotopic (exact) mass is 361 g/mol. The van der Waals surface area contributed by atoms with Crippen molar-refractivity contribution in [3.8, 4) is 11.1 Å². The van der Waals surface area contributed by atoms with Gasteiger partial charge in [-0.15, -0.1) is 0 Å². The van der Waals surface area contributed by atoms with Gasteiger partial charge in [0, 0.05) is 37.8 Å². The second kappa shape index (κ2) is 6.41. The minimum absolute atomic E-state index is 0.0796. The first kappa shape index (κ1) is 16.4. The predicted octanol–water partition coefficient (Wildman–Crippen LogP) is 3.34. The Bertz CT molecular complexity index is 912. The lowest BCUT2D eigenvalue weighted by Gasteiger charge is -2.34. The van der Waals surface area contributed by atoms with Crippen LogP contribution in [0.5, 0.6) is 0 Å². The van der Waals surface area contributed by atoms with E-state index in [9.17, 15) is 9.59 Å². The molecular weight excluding hydrogens is 338 g/mol. The van der Waals surface area contributed by atoms with Gasteiger partial charge in [0.25, 0.3) is 0 Å². The maximum atomic E-state index is 12.6. The summed E-state index contributed by atoms with van der Waals surface area (Å²) in [6, 6.07) is 14.5. The maximum Gasteiger partial charge on any atom is 0.321 e. The number of rotatable bonds is 2. The van der Waals surface area contributed by atoms with E-state index in [1.165, 1.54) is 22.3 Å². The molecule has 3 aliphatic rings. The van der Waals surface area contributed by atoms with Crippen LogP contribution in [0.1, 0.15) is 24.0 Å². The largest absolute Gasteiger partial charge is 0.339 e. The first-order valence-electron chi connectivity index (χ1n) is 9.75. The zero-order valence-electron chi connectivity index (χ0n) is 15.3. The van der Waals surface area contributed by atoms with Crippen molar-refractivity contribution < 1.29 is 9.59 Å². The Balaban J connectivity index is 1.22. The number of urea groups is 1. The molecule has 27 heavy (non-hydrogen) atoms. The van der Waals surface area contributed by atoms with Gasteiger partial charge in [0.1, 0.15) is 0 Å². The molecule has 1 saturated carbocycles. The zero-order chi connectivity index (χ0) is 18.4. The molecule has 5 nitrogen and oxygen atoms in total. The van der Waals surface area contributed by atoms with E-state index in [4.69, 9.17) is 0 Å². The van der Waals surface area contributed by atoms with Crippen molar-refractivity contribution in [2.24, 2.45) is 5.92 Å². The lowest BCUT2D eigenvalue weighted by atomic mass is 10.1. The van der Waals surface area contributed by atoms with Crippen molar-refractivity contribution in [3.05, 3.63) is 53.6 Å². The van der Waals surface area contributed by atoms with Crippen LogP contribution in [0.4, 0.5) is 10.5 Å². The number of nitrogens with zero attached hydrogens (tertiary/aromatic N) is 2. The van der Waals surface area contributed by atoms with Crippen LogP contribution in [0.15, 0.2) is 42.5 Å². The molecular formula is C22H23N3O2. The molecule has 0 unspecified atom stereocenters. The molecule has 1 saturated heterocycles. The van der Waals surface area contributed by atoms with Crippen LogP contribution in [-0.2, 0) is 11.2 Å². The van der Waals surface area contributed by atoms with Gasteiger partial charge in [-0.1, -0.05) is 30.3 Å². The van der Waals surface area contributed by atoms with E-state index >= 15 is 0 Å². The Hall–Kier alpha value is -2.82. The molecule has 3 amide bonds. The molecule has 138 valence electrons. The van der Waals surface area contributed by atoms with Crippen molar-refractivity contribution in [2.75, 3.05) is 31.5 Å². The van der Waals surface area contributed by atoms with Crippen LogP contribution in [0.25, 0.3) is 11.1 Å². The highest BCUT2D eigenvalue weighted by atomic mass is 16.2. The fourth-order valence-corrected chi connectivity index (χ4v) is 4.14. The first-order valence-corrected chi connectivity index (χ1v) is 9.75. The number of carbonyl (C=O) groups excluding carboxylic acids is 2. The third-order valence-corrected chi connectivity index (χ3v) is 5.85. The summed E-state index contributed by atoms with van der Waals surface area (Å²) in [6.07, 6.45) is 2.97. The summed E-state index contributed by atoms with van der Waals surface area (Å²) in [4.78, 5) is 28.5. The average molecular weight is 361 g/mol. The van der Waals surface area contributed by atoms with Gasteiger partial charge in [-0.3, -0.25) is 4.79 Å². The van der Waals surface area contributed by atoms with Crippen LogP contribution in [0.2, 0.25) is 0 Å². The normalized spacial score (nSPS) is 18.1. The molecule has 0 bridgehead atoms. The maximum absolute atomic E-state index is 12.6. The van der Waals surface area contributed by atoms with Gasteiger partial charge in [-0.25, -0.2) is 4.79 Å². The van der Waals surface area contributed by atoms with E-state index in [1.807, 2.05) is 11.0 Å². The smallest absolute Gasteiger partial charge is 0.321 e. The second-order valence-corrected chi connectivity index (χ2v) is 7.72. The molecule has 2 aliphatic carbocycles. The van der Waals surface area contributed by atoms with Crippen molar-refractivity contribution >= 4 is 17.6 Å². The van der Waals surface area contributed by atoms with Gasteiger partial charge < -0.3 is 15.1 Å². The minimum Gasteiger partial charge on any atom is -0.339 e. The summed E-state index contributed by atoms with van der Waals surface area (Å²) in [5, 5.41) is 3.03. The molecule has 2 aromatic rings. The number of hydrogen-bond acceptors (Lipinski definition) is 2. The van der Waals surface area contributed by atoms with Gasteiger partial charge in [-0.2, -0.15) is 0 Å². The minimum atomic E-state index is -0.0796. The summed E-state index contributed by atoms with van der Waals surface area (Å²) >= 11 is 0. The number of anilines is 1. The Kier molecular flexibility index (Phi) is 3.88. The lowest BCUT2D eigenvalue weighted by molar-refractivity contribution is -0.133. The molecule has 0 atom stereocenters. The second-order valence-electron chi connectivity index (χ2n) is 7.72. The van der Waals surface area contributed by atoms with Crippen LogP contribution >= 0.6 is 0 Å². The van der Waals surface area contributed by atoms with Crippen molar-refractivity contribution in [3.63, 3.8) is 0 Å². The number of benzene rings is 2. The fourth-order valence-electron chi connectivity index (χ4n) is 4.14. The molecule has 0 aromatic heterocycles. The SMILES string of the molecule is O=C(Nc1ccc2c(c1)Cc1ccccc1-2)N1CCN(C(=O)C2CC2)CC1. The Labute approximate surface area is 159 Å². The van der Waals surface area contributed by atoms with E-state index in [-0.39, 0.29) is 17.9 Å². The van der Waals surface area contributed by atoms with Gasteiger partial charge in [0.05, 0.1) is 0 Å². The third kappa shape index (κ3) is 3.07. The van der Waals surface area contributed by atoms with E-state index in [2.05, 4.69) is 41.7 Å². The molecule has 5 heteroatoms. The van der Waals surface area contributed by atoms with Crippen LogP contribution in [0, 0.1) is 5.92 Å². The number of nitrogens with one attached hydrogen (secondary N) is 1. The highest BCUT2D eigenvalue weighted by Crippen LogP contribution is 2.37. The van der Waals surface area contributed by atoms with Crippen molar-refractivity contribution in [1.29, 1.82) is 0 Å². The van der Waals surface area contributed by atoms with Crippen molar-refractivity contribution in [1.82, 2.24) is 9.80 Å². The van der Waals surface area contributed by atoms with E-state index < -0.39 is 0 Å². The van der Waals surface area contributed by atoms with Crippen LogP contribution in [0.3, 0.4) is 0 Å². The topological polar surface area (TPSA) is 52.7 Å². The Morgan fingerprint density at radius 2 is 1.56 bits per heavy atom. The summed E-state index contributed by atoms with van der Waals surface area (Å²) < 4.78 is 0. The number of carbonyl (C=O) groups is 2. The number of hydrogen-bond donors (Lipinski definition) is 1. The molecule has 2 aromatic carbocycles. The van der Waals surface area contributed by atoms with Gasteiger partial charge in [-0.05, 0) is 53.6 Å². The predicted molar refractivity (Wildman–Crippen MR) is 105 cm³/mol. The summed E-state index contributed by atoms with van der Waals surface area (Å²) in [6.45, 7) is 2.48. The zero-order valence-corrected chi connectivity index (χ0v) is 15.3. The van der Waals surface area contributed by atoms with Crippen molar-refractivity contribution in [2.45, 2.75) is 19.3 Å². The molecule has 1 heterocycles. The van der Waals surface area contributed by atoms with Gasteiger partial charge >= 0.3 is 6.03 Å². The number of fused-ring (bicyclic) bond motifs is 3. The van der Waals surface area contributed by atoms with E-state index in [1.54, 1.807) is 4.90 Å². The fraction of sp³-hybridized carbons (Fsp3) is 0.364. The molecule has 1 aliphatic heterocycles. The number of amides is 3. The van der Waals surface area contributed by atoms with E-state index in [0.29, 0.717) is 26.2 Å². The van der Waals surface area contributed by atoms with Crippen LogP contribution < -0.4 is 5.32 Å². The van der Waals surface area contributed by atoms with Gasteiger partial charge in [0.2, 0.25) is 5.91 Å². The highest BCUT2D eigenvalue weighted by Gasteiger charge is 2.35. The Morgan fingerprint density at radius 3 is 2.33 bits per heavy atom. The summed E-state index contributed by atoms with van der Waals surface area (Å²) in [5.74, 6) is 0.522. The summed E-state index contributed by atoms with van der Waals surface area (Å²) in [7, 11) is 0. The standard InChI is InChI=1S/C22H23N3O2/c26-21(15-5-6-15)24-9-11-25(12-10-24)22(27)23-18-7-8-20-17(14-18)13-16-3-1-2-4-19(16)20/h1-4,7-8,14-15H,5-6,9-13H2,(H,23,27). The lowest BCUT2D eigenvalue weighted by Crippen LogP contribution is -2.52. The summed E-state index contributed by atoms with van der Waals surface area (Å²) in [5.41, 5.74) is 5.99. The third-order valence-electron chi connectivity index (χ3n) is 5.85. The molecule has 0 spiro atoms. The first-order chi connectivity index (χ1) is 13.2. The van der Waals surface area contributed by atoms with Gasteiger partial charge in [0.15, 0.2) is 0 Å². The molecule has 0 radical (unpaired) electrons. The quantitative estimate of drug-likeness (QED) is 0.761. The van der Waals surface area contributed by atoms with E-state index in [0.717, 1.165) is 24.9 Å².